The predicted molar refractivity (Wildman–Crippen MR) is 65.2 cm³/mol. The van der Waals surface area contributed by atoms with Crippen LogP contribution >= 0.6 is 0 Å². The van der Waals surface area contributed by atoms with E-state index in [0.29, 0.717) is 0 Å². The molecule has 17 heavy (non-hydrogen) atoms. The van der Waals surface area contributed by atoms with E-state index in [4.69, 9.17) is 5.73 Å². The third kappa shape index (κ3) is 2.48. The lowest BCUT2D eigenvalue weighted by Gasteiger charge is -2.37. The van der Waals surface area contributed by atoms with Crippen LogP contribution < -0.4 is 11.1 Å². The Kier molecular flexibility index (Phi) is 3.45. The van der Waals surface area contributed by atoms with Gasteiger partial charge in [0.2, 0.25) is 5.91 Å². The van der Waals surface area contributed by atoms with Crippen molar-refractivity contribution >= 4 is 5.91 Å². The number of carbonyl (C=O) groups excluding carboxylic acids is 1. The molecule has 4 heteroatoms. The summed E-state index contributed by atoms with van der Waals surface area (Å²) >= 11 is 0. The lowest BCUT2D eigenvalue weighted by atomic mass is 9.77. The summed E-state index contributed by atoms with van der Waals surface area (Å²) in [4.78, 5) is 11.9. The number of carbonyl (C=O) groups is 1. The second-order valence-electron chi connectivity index (χ2n) is 4.63. The zero-order valence-corrected chi connectivity index (χ0v) is 9.73. The van der Waals surface area contributed by atoms with Gasteiger partial charge < -0.3 is 16.2 Å². The molecule has 1 amide bonds. The van der Waals surface area contributed by atoms with Crippen molar-refractivity contribution in [3.8, 4) is 0 Å². The molecule has 0 spiro atoms. The van der Waals surface area contributed by atoms with E-state index in [1.165, 1.54) is 0 Å². The molecule has 0 radical (unpaired) electrons. The third-order valence-electron chi connectivity index (χ3n) is 3.39. The Bertz CT molecular complexity index is 388. The number of hydrogen-bond donors (Lipinski definition) is 3. The summed E-state index contributed by atoms with van der Waals surface area (Å²) in [6.07, 6.45) is 2.45. The Morgan fingerprint density at radius 1 is 1.41 bits per heavy atom. The fourth-order valence-electron chi connectivity index (χ4n) is 2.01. The maximum absolute atomic E-state index is 11.9. The normalized spacial score (nSPS) is 19.2. The molecule has 1 aliphatic carbocycles. The molecule has 1 atom stereocenters. The molecule has 0 unspecified atom stereocenters. The van der Waals surface area contributed by atoms with Crippen LogP contribution in [0.25, 0.3) is 0 Å². The summed E-state index contributed by atoms with van der Waals surface area (Å²) in [5.74, 6) is -0.161. The molecule has 4 N–H and O–H groups in total. The van der Waals surface area contributed by atoms with Gasteiger partial charge in [0, 0.05) is 0 Å². The van der Waals surface area contributed by atoms with Gasteiger partial charge >= 0.3 is 0 Å². The molecule has 0 heterocycles. The summed E-state index contributed by atoms with van der Waals surface area (Å²) in [6, 6.07) is 9.05. The Hall–Kier alpha value is -1.39. The van der Waals surface area contributed by atoms with Crippen LogP contribution in [0.1, 0.15) is 30.9 Å². The first-order valence-corrected chi connectivity index (χ1v) is 5.91. The van der Waals surface area contributed by atoms with Crippen LogP contribution in [0.2, 0.25) is 0 Å². The molecule has 1 fully saturated rings. The van der Waals surface area contributed by atoms with Gasteiger partial charge in [0.25, 0.3) is 0 Å². The maximum Gasteiger partial charge on any atom is 0.240 e. The highest BCUT2D eigenvalue weighted by molar-refractivity contribution is 5.87. The summed E-state index contributed by atoms with van der Waals surface area (Å²) in [7, 11) is 0. The van der Waals surface area contributed by atoms with E-state index in [0.717, 1.165) is 24.8 Å². The van der Waals surface area contributed by atoms with E-state index in [-0.39, 0.29) is 18.6 Å². The minimum atomic E-state index is -0.720. The summed E-state index contributed by atoms with van der Waals surface area (Å²) in [5.41, 5.74) is 6.11. The summed E-state index contributed by atoms with van der Waals surface area (Å²) < 4.78 is 0. The topological polar surface area (TPSA) is 75.4 Å². The number of rotatable bonds is 4. The van der Waals surface area contributed by atoms with Crippen LogP contribution in [-0.4, -0.2) is 23.2 Å². The number of amides is 1. The van der Waals surface area contributed by atoms with E-state index in [1.807, 2.05) is 30.3 Å². The molecule has 1 aromatic rings. The Morgan fingerprint density at radius 3 is 2.53 bits per heavy atom. The van der Waals surface area contributed by atoms with Crippen LogP contribution in [0.3, 0.4) is 0 Å². The molecular formula is C13H18N2O2. The number of nitrogens with two attached hydrogens (primary N) is 1. The van der Waals surface area contributed by atoms with Crippen LogP contribution in [0, 0.1) is 0 Å². The van der Waals surface area contributed by atoms with E-state index in [1.54, 1.807) is 0 Å². The molecule has 2 rings (SSSR count). The SMILES string of the molecule is NC1(C(=O)N[C@@H](CO)c2ccccc2)CCC1. The Balaban J connectivity index is 2.03. The van der Waals surface area contributed by atoms with Crippen LogP contribution in [-0.2, 0) is 4.79 Å². The van der Waals surface area contributed by atoms with Crippen molar-refractivity contribution in [2.24, 2.45) is 5.73 Å². The molecule has 0 aromatic heterocycles. The average Bonchev–Trinajstić information content (AvgIpc) is 2.33. The summed E-state index contributed by atoms with van der Waals surface area (Å²) in [6.45, 7) is -0.119. The standard InChI is InChI=1S/C13H18N2O2/c14-13(7-4-8-13)12(17)15-11(9-16)10-5-2-1-3-6-10/h1-3,5-6,11,16H,4,7-9,14H2,(H,15,17)/t11-/m0/s1. The second kappa shape index (κ2) is 4.85. The van der Waals surface area contributed by atoms with Gasteiger partial charge in [0.05, 0.1) is 18.2 Å². The summed E-state index contributed by atoms with van der Waals surface area (Å²) in [5, 5.41) is 12.1. The van der Waals surface area contributed by atoms with Gasteiger partial charge in [-0.15, -0.1) is 0 Å². The van der Waals surface area contributed by atoms with Crippen molar-refractivity contribution < 1.29 is 9.90 Å². The first-order valence-electron chi connectivity index (χ1n) is 5.91. The van der Waals surface area contributed by atoms with Gasteiger partial charge in [-0.05, 0) is 24.8 Å². The fraction of sp³-hybridized carbons (Fsp3) is 0.462. The number of aliphatic hydroxyl groups is 1. The van der Waals surface area contributed by atoms with E-state index in [9.17, 15) is 9.90 Å². The average molecular weight is 234 g/mol. The van der Waals surface area contributed by atoms with Crippen molar-refractivity contribution in [2.45, 2.75) is 30.8 Å². The van der Waals surface area contributed by atoms with Gasteiger partial charge in [0.15, 0.2) is 0 Å². The van der Waals surface area contributed by atoms with E-state index < -0.39 is 5.54 Å². The number of aliphatic hydroxyl groups excluding tert-OH is 1. The second-order valence-corrected chi connectivity index (χ2v) is 4.63. The highest BCUT2D eigenvalue weighted by Crippen LogP contribution is 2.29. The Morgan fingerprint density at radius 2 is 2.06 bits per heavy atom. The number of nitrogens with one attached hydrogen (secondary N) is 1. The van der Waals surface area contributed by atoms with E-state index >= 15 is 0 Å². The van der Waals surface area contributed by atoms with Crippen molar-refractivity contribution in [2.75, 3.05) is 6.61 Å². The molecule has 0 bridgehead atoms. The Labute approximate surface area is 101 Å². The first kappa shape index (κ1) is 12.1. The zero-order chi connectivity index (χ0) is 12.3. The molecule has 1 aliphatic rings. The van der Waals surface area contributed by atoms with Gasteiger partial charge in [0.1, 0.15) is 0 Å². The smallest absolute Gasteiger partial charge is 0.240 e. The first-order chi connectivity index (χ1) is 8.15. The fourth-order valence-corrected chi connectivity index (χ4v) is 2.01. The number of benzene rings is 1. The lowest BCUT2D eigenvalue weighted by Crippen LogP contribution is -2.59. The highest BCUT2D eigenvalue weighted by atomic mass is 16.3. The van der Waals surface area contributed by atoms with Crippen LogP contribution in [0.5, 0.6) is 0 Å². The molecule has 1 aromatic carbocycles. The predicted octanol–water partition coefficient (Wildman–Crippen LogP) is 0.718. The largest absolute Gasteiger partial charge is 0.394 e. The quantitative estimate of drug-likeness (QED) is 0.718. The molecule has 1 saturated carbocycles. The minimum Gasteiger partial charge on any atom is -0.394 e. The lowest BCUT2D eigenvalue weighted by molar-refractivity contribution is -0.130. The number of hydrogen-bond acceptors (Lipinski definition) is 3. The minimum absolute atomic E-state index is 0.119. The monoisotopic (exact) mass is 234 g/mol. The molecule has 0 saturated heterocycles. The van der Waals surface area contributed by atoms with Gasteiger partial charge in [-0.25, -0.2) is 0 Å². The molecule has 0 aliphatic heterocycles. The third-order valence-corrected chi connectivity index (χ3v) is 3.39. The van der Waals surface area contributed by atoms with Gasteiger partial charge in [-0.1, -0.05) is 30.3 Å². The van der Waals surface area contributed by atoms with Crippen molar-refractivity contribution in [3.05, 3.63) is 35.9 Å². The van der Waals surface area contributed by atoms with Crippen LogP contribution in [0.15, 0.2) is 30.3 Å². The van der Waals surface area contributed by atoms with Crippen molar-refractivity contribution in [1.82, 2.24) is 5.32 Å². The van der Waals surface area contributed by atoms with Gasteiger partial charge in [-0.3, -0.25) is 4.79 Å². The maximum atomic E-state index is 11.9. The highest BCUT2D eigenvalue weighted by Gasteiger charge is 2.40. The van der Waals surface area contributed by atoms with E-state index in [2.05, 4.69) is 5.32 Å². The molecule has 92 valence electrons. The van der Waals surface area contributed by atoms with Gasteiger partial charge in [-0.2, -0.15) is 0 Å². The van der Waals surface area contributed by atoms with Crippen molar-refractivity contribution in [1.29, 1.82) is 0 Å². The molecular weight excluding hydrogens is 216 g/mol. The molecule has 4 nitrogen and oxygen atoms in total. The van der Waals surface area contributed by atoms with Crippen molar-refractivity contribution in [3.63, 3.8) is 0 Å². The zero-order valence-electron chi connectivity index (χ0n) is 9.73. The van der Waals surface area contributed by atoms with Crippen LogP contribution in [0.4, 0.5) is 0 Å².